The zero-order valence-corrected chi connectivity index (χ0v) is 6.80. The molecule has 0 aliphatic rings. The molecule has 1 aromatic heterocycles. The number of aryl methyl sites for hydroxylation is 1. The summed E-state index contributed by atoms with van der Waals surface area (Å²) < 4.78 is 18.0. The van der Waals surface area contributed by atoms with E-state index < -0.39 is 0 Å². The summed E-state index contributed by atoms with van der Waals surface area (Å²) >= 11 is 0. The van der Waals surface area contributed by atoms with Crippen LogP contribution in [0.3, 0.4) is 0 Å². The van der Waals surface area contributed by atoms with Crippen molar-refractivity contribution < 1.29 is 8.81 Å². The number of hydrogen-bond acceptors (Lipinski definition) is 1. The molecule has 0 bridgehead atoms. The van der Waals surface area contributed by atoms with Crippen LogP contribution in [-0.4, -0.2) is 0 Å². The Kier molecular flexibility index (Phi) is 1.61. The van der Waals surface area contributed by atoms with E-state index in [1.807, 2.05) is 6.92 Å². The molecule has 12 heavy (non-hydrogen) atoms. The molecular weight excluding hydrogens is 155 g/mol. The van der Waals surface area contributed by atoms with Crippen molar-refractivity contribution in [2.45, 2.75) is 13.3 Å². The largest absolute Gasteiger partial charge is 0.468 e. The zero-order valence-electron chi connectivity index (χ0n) is 6.80. The summed E-state index contributed by atoms with van der Waals surface area (Å²) in [6.07, 6.45) is 2.44. The molecule has 0 amide bonds. The van der Waals surface area contributed by atoms with E-state index in [4.69, 9.17) is 4.42 Å². The van der Waals surface area contributed by atoms with Crippen LogP contribution in [0, 0.1) is 5.82 Å². The van der Waals surface area contributed by atoms with Gasteiger partial charge < -0.3 is 4.42 Å². The van der Waals surface area contributed by atoms with Crippen LogP contribution in [0.25, 0.3) is 10.8 Å². The first kappa shape index (κ1) is 7.35. The predicted molar refractivity (Wildman–Crippen MR) is 45.6 cm³/mol. The van der Waals surface area contributed by atoms with Crippen LogP contribution in [0.15, 0.2) is 28.9 Å². The molecular formula is C10H9FO. The van der Waals surface area contributed by atoms with E-state index in [0.717, 1.165) is 23.0 Å². The first-order valence-corrected chi connectivity index (χ1v) is 3.97. The molecule has 2 rings (SSSR count). The number of rotatable bonds is 1. The number of hydrogen-bond donors (Lipinski definition) is 0. The normalized spacial score (nSPS) is 10.8. The number of benzene rings is 1. The van der Waals surface area contributed by atoms with Gasteiger partial charge in [-0.1, -0.05) is 6.92 Å². The summed E-state index contributed by atoms with van der Waals surface area (Å²) in [6.45, 7) is 2.02. The molecule has 0 aliphatic carbocycles. The Bertz CT molecular complexity index is 403. The van der Waals surface area contributed by atoms with Crippen LogP contribution in [0.4, 0.5) is 4.39 Å². The van der Waals surface area contributed by atoms with E-state index in [2.05, 4.69) is 0 Å². The minimum atomic E-state index is -0.217. The van der Waals surface area contributed by atoms with Gasteiger partial charge in [-0.25, -0.2) is 4.39 Å². The predicted octanol–water partition coefficient (Wildman–Crippen LogP) is 3.13. The van der Waals surface area contributed by atoms with Crippen LogP contribution >= 0.6 is 0 Å². The van der Waals surface area contributed by atoms with Gasteiger partial charge in [-0.15, -0.1) is 0 Å². The van der Waals surface area contributed by atoms with Crippen molar-refractivity contribution in [2.75, 3.05) is 0 Å². The van der Waals surface area contributed by atoms with Crippen LogP contribution in [0.5, 0.6) is 0 Å². The molecule has 0 saturated carbocycles. The molecule has 2 aromatic rings. The van der Waals surface area contributed by atoms with E-state index >= 15 is 0 Å². The SMILES string of the molecule is CCc1occ2cc(F)ccc12. The van der Waals surface area contributed by atoms with Gasteiger partial charge in [0.05, 0.1) is 6.26 Å². The summed E-state index contributed by atoms with van der Waals surface area (Å²) in [5, 5.41) is 1.85. The topological polar surface area (TPSA) is 13.1 Å². The maximum Gasteiger partial charge on any atom is 0.123 e. The maximum atomic E-state index is 12.7. The lowest BCUT2D eigenvalue weighted by Gasteiger charge is -1.91. The van der Waals surface area contributed by atoms with Gasteiger partial charge in [0.2, 0.25) is 0 Å². The fourth-order valence-electron chi connectivity index (χ4n) is 1.36. The van der Waals surface area contributed by atoms with Crippen molar-refractivity contribution in [3.8, 4) is 0 Å². The van der Waals surface area contributed by atoms with Crippen LogP contribution in [0.2, 0.25) is 0 Å². The summed E-state index contributed by atoms with van der Waals surface area (Å²) in [7, 11) is 0. The molecule has 1 nitrogen and oxygen atoms in total. The Morgan fingerprint density at radius 1 is 1.42 bits per heavy atom. The molecule has 0 N–H and O–H groups in total. The fraction of sp³-hybridized carbons (Fsp3) is 0.200. The van der Waals surface area contributed by atoms with Crippen molar-refractivity contribution in [2.24, 2.45) is 0 Å². The smallest absolute Gasteiger partial charge is 0.123 e. The summed E-state index contributed by atoms with van der Waals surface area (Å²) in [4.78, 5) is 0. The molecule has 2 heteroatoms. The van der Waals surface area contributed by atoms with Gasteiger partial charge in [0.15, 0.2) is 0 Å². The molecule has 0 atom stereocenters. The zero-order chi connectivity index (χ0) is 8.55. The second-order valence-electron chi connectivity index (χ2n) is 2.74. The van der Waals surface area contributed by atoms with Crippen molar-refractivity contribution in [3.05, 3.63) is 36.0 Å². The lowest BCUT2D eigenvalue weighted by atomic mass is 10.1. The molecule has 0 unspecified atom stereocenters. The molecule has 0 aliphatic heterocycles. The van der Waals surface area contributed by atoms with E-state index in [1.165, 1.54) is 12.1 Å². The molecule has 1 heterocycles. The first-order valence-electron chi connectivity index (χ1n) is 3.97. The van der Waals surface area contributed by atoms with Crippen molar-refractivity contribution in [3.63, 3.8) is 0 Å². The maximum absolute atomic E-state index is 12.7. The second-order valence-corrected chi connectivity index (χ2v) is 2.74. The van der Waals surface area contributed by atoms with Gasteiger partial charge in [0.25, 0.3) is 0 Å². The molecule has 0 saturated heterocycles. The monoisotopic (exact) mass is 164 g/mol. The Morgan fingerprint density at radius 2 is 2.25 bits per heavy atom. The average Bonchev–Trinajstić information content (AvgIpc) is 2.46. The van der Waals surface area contributed by atoms with Crippen LogP contribution < -0.4 is 0 Å². The van der Waals surface area contributed by atoms with Gasteiger partial charge in [-0.05, 0) is 18.2 Å². The van der Waals surface area contributed by atoms with Crippen molar-refractivity contribution >= 4 is 10.8 Å². The summed E-state index contributed by atoms with van der Waals surface area (Å²) in [5.74, 6) is 0.705. The Labute approximate surface area is 69.8 Å². The van der Waals surface area contributed by atoms with Gasteiger partial charge in [-0.2, -0.15) is 0 Å². The molecule has 62 valence electrons. The van der Waals surface area contributed by atoms with E-state index in [1.54, 1.807) is 12.3 Å². The highest BCUT2D eigenvalue weighted by Crippen LogP contribution is 2.21. The fourth-order valence-corrected chi connectivity index (χ4v) is 1.36. The van der Waals surface area contributed by atoms with E-state index in [9.17, 15) is 4.39 Å². The molecule has 0 spiro atoms. The Balaban J connectivity index is 2.73. The number of furan rings is 1. The lowest BCUT2D eigenvalue weighted by molar-refractivity contribution is 0.521. The Morgan fingerprint density at radius 3 is 3.00 bits per heavy atom. The van der Waals surface area contributed by atoms with Crippen LogP contribution in [-0.2, 0) is 6.42 Å². The number of fused-ring (bicyclic) bond motifs is 1. The minimum Gasteiger partial charge on any atom is -0.468 e. The van der Waals surface area contributed by atoms with Gasteiger partial charge in [0.1, 0.15) is 11.6 Å². The van der Waals surface area contributed by atoms with Gasteiger partial charge in [-0.3, -0.25) is 0 Å². The van der Waals surface area contributed by atoms with Crippen molar-refractivity contribution in [1.82, 2.24) is 0 Å². The molecule has 0 radical (unpaired) electrons. The average molecular weight is 164 g/mol. The van der Waals surface area contributed by atoms with Gasteiger partial charge >= 0.3 is 0 Å². The summed E-state index contributed by atoms with van der Waals surface area (Å²) in [5.41, 5.74) is 0. The summed E-state index contributed by atoms with van der Waals surface area (Å²) in [6, 6.07) is 4.70. The van der Waals surface area contributed by atoms with Gasteiger partial charge in [0, 0.05) is 17.2 Å². The highest BCUT2D eigenvalue weighted by Gasteiger charge is 2.03. The third-order valence-corrected chi connectivity index (χ3v) is 1.96. The number of halogens is 1. The Hall–Kier alpha value is -1.31. The highest BCUT2D eigenvalue weighted by molar-refractivity contribution is 5.84. The quantitative estimate of drug-likeness (QED) is 0.631. The standard InChI is InChI=1S/C10H9FO/c1-2-10-9-4-3-8(11)5-7(9)6-12-10/h3-6H,2H2,1H3. The molecule has 1 aromatic carbocycles. The van der Waals surface area contributed by atoms with Crippen molar-refractivity contribution in [1.29, 1.82) is 0 Å². The van der Waals surface area contributed by atoms with E-state index in [0.29, 0.717) is 0 Å². The van der Waals surface area contributed by atoms with E-state index in [-0.39, 0.29) is 5.82 Å². The highest BCUT2D eigenvalue weighted by atomic mass is 19.1. The minimum absolute atomic E-state index is 0.217. The van der Waals surface area contributed by atoms with Crippen LogP contribution in [0.1, 0.15) is 12.7 Å². The lowest BCUT2D eigenvalue weighted by Crippen LogP contribution is -1.76. The molecule has 0 fully saturated rings. The second kappa shape index (κ2) is 2.63. The third kappa shape index (κ3) is 0.998. The first-order chi connectivity index (χ1) is 5.81. The third-order valence-electron chi connectivity index (χ3n) is 1.96.